The number of anilines is 1. The van der Waals surface area contributed by atoms with E-state index < -0.39 is 22.0 Å². The summed E-state index contributed by atoms with van der Waals surface area (Å²) in [5, 5.41) is 3.17. The minimum atomic E-state index is -4.11. The number of hydrogen-bond acceptors (Lipinski definition) is 6. The number of sulfonamides is 1. The van der Waals surface area contributed by atoms with Crippen LogP contribution in [-0.4, -0.2) is 32.9 Å². The summed E-state index contributed by atoms with van der Waals surface area (Å²) in [6, 6.07) is 10.6. The van der Waals surface area contributed by atoms with Gasteiger partial charge in [0.05, 0.1) is 23.6 Å². The van der Waals surface area contributed by atoms with Crippen molar-refractivity contribution in [2.24, 2.45) is 0 Å². The zero-order chi connectivity index (χ0) is 21.0. The van der Waals surface area contributed by atoms with Gasteiger partial charge in [-0.15, -0.1) is 0 Å². The monoisotopic (exact) mass is 438 g/mol. The van der Waals surface area contributed by atoms with E-state index in [1.807, 2.05) is 4.72 Å². The second-order valence-electron chi connectivity index (χ2n) is 6.24. The maximum absolute atomic E-state index is 12.5. The van der Waals surface area contributed by atoms with Crippen LogP contribution in [0.3, 0.4) is 0 Å². The Hall–Kier alpha value is -2.78. The van der Waals surface area contributed by atoms with E-state index in [0.717, 1.165) is 0 Å². The highest BCUT2D eigenvalue weighted by molar-refractivity contribution is 7.90. The van der Waals surface area contributed by atoms with E-state index in [2.05, 4.69) is 5.32 Å². The first kappa shape index (κ1) is 20.9. The van der Waals surface area contributed by atoms with Crippen LogP contribution in [0.25, 0.3) is 0 Å². The second-order valence-corrected chi connectivity index (χ2v) is 8.36. The number of hydrogen-bond donors (Lipinski definition) is 2. The molecule has 2 amide bonds. The number of rotatable bonds is 7. The first-order chi connectivity index (χ1) is 13.8. The molecule has 1 heterocycles. The largest absolute Gasteiger partial charge is 0.493 e. The summed E-state index contributed by atoms with van der Waals surface area (Å²) in [5.74, 6) is -0.181. The predicted molar refractivity (Wildman–Crippen MR) is 107 cm³/mol. The summed E-state index contributed by atoms with van der Waals surface area (Å²) in [4.78, 5) is 23.8. The molecule has 0 radical (unpaired) electrons. The Morgan fingerprint density at radius 2 is 1.97 bits per heavy atom. The number of nitrogens with one attached hydrogen (secondary N) is 2. The van der Waals surface area contributed by atoms with Gasteiger partial charge >= 0.3 is 0 Å². The van der Waals surface area contributed by atoms with Crippen LogP contribution in [-0.2, 0) is 19.6 Å². The van der Waals surface area contributed by atoms with Gasteiger partial charge in [-0.2, -0.15) is 0 Å². The van der Waals surface area contributed by atoms with Crippen LogP contribution in [0.1, 0.15) is 19.8 Å². The number of carbonyl (C=O) groups excluding carboxylic acids is 2. The van der Waals surface area contributed by atoms with Crippen LogP contribution in [0, 0.1) is 0 Å². The fourth-order valence-corrected chi connectivity index (χ4v) is 3.78. The number of carbonyl (C=O) groups is 2. The van der Waals surface area contributed by atoms with Crippen molar-refractivity contribution in [1.82, 2.24) is 4.72 Å². The third kappa shape index (κ3) is 5.18. The lowest BCUT2D eigenvalue weighted by Crippen LogP contribution is -2.36. The summed E-state index contributed by atoms with van der Waals surface area (Å²) in [6.07, 6.45) is -0.296. The highest BCUT2D eigenvalue weighted by Gasteiger charge is 2.28. The molecule has 0 bridgehead atoms. The molecule has 0 fully saturated rings. The topological polar surface area (TPSA) is 111 Å². The molecule has 0 unspecified atom stereocenters. The summed E-state index contributed by atoms with van der Waals surface area (Å²) in [6.45, 7) is 1.80. The lowest BCUT2D eigenvalue weighted by atomic mass is 10.2. The highest BCUT2D eigenvalue weighted by Crippen LogP contribution is 2.32. The second kappa shape index (κ2) is 8.71. The molecule has 3 rings (SSSR count). The Kier molecular flexibility index (Phi) is 6.29. The van der Waals surface area contributed by atoms with Gasteiger partial charge in [0.25, 0.3) is 15.9 Å². The number of ether oxygens (including phenoxy) is 2. The van der Waals surface area contributed by atoms with Crippen LogP contribution in [0.15, 0.2) is 47.4 Å². The van der Waals surface area contributed by atoms with Gasteiger partial charge in [-0.1, -0.05) is 18.5 Å². The molecule has 2 aromatic rings. The molecule has 0 aromatic heterocycles. The minimum absolute atomic E-state index is 0.00449. The number of amides is 2. The maximum Gasteiger partial charge on any atom is 0.265 e. The van der Waals surface area contributed by atoms with Crippen LogP contribution in [0.4, 0.5) is 5.69 Å². The van der Waals surface area contributed by atoms with E-state index in [-0.39, 0.29) is 29.5 Å². The standard InChI is InChI=1S/C19H19ClN2O6S/c1-2-16-19(24)21-15-11-14(7-8-17(15)28-16)29(25,26)22-18(23)9-10-27-13-5-3-12(20)4-6-13/h3-8,11,16H,2,9-10H2,1H3,(H,21,24)(H,22,23)/t16-/m0/s1. The first-order valence-corrected chi connectivity index (χ1v) is 10.7. The van der Waals surface area contributed by atoms with Gasteiger partial charge in [0.15, 0.2) is 6.10 Å². The first-order valence-electron chi connectivity index (χ1n) is 8.84. The van der Waals surface area contributed by atoms with Gasteiger partial charge in [-0.05, 0) is 48.9 Å². The summed E-state index contributed by atoms with van der Waals surface area (Å²) in [7, 11) is -4.11. The van der Waals surface area contributed by atoms with Gasteiger partial charge in [0, 0.05) is 5.02 Å². The molecular weight excluding hydrogens is 420 g/mol. The van der Waals surface area contributed by atoms with Gasteiger partial charge in [-0.25, -0.2) is 13.1 Å². The van der Waals surface area contributed by atoms with Crippen LogP contribution in [0.2, 0.25) is 5.02 Å². The zero-order valence-electron chi connectivity index (χ0n) is 15.5. The predicted octanol–water partition coefficient (Wildman–Crippen LogP) is 2.72. The van der Waals surface area contributed by atoms with E-state index in [9.17, 15) is 18.0 Å². The Balaban J connectivity index is 1.60. The number of fused-ring (bicyclic) bond motifs is 1. The lowest BCUT2D eigenvalue weighted by molar-refractivity contribution is -0.123. The molecule has 10 heteroatoms. The Labute approximate surface area is 173 Å². The average molecular weight is 439 g/mol. The molecule has 1 atom stereocenters. The lowest BCUT2D eigenvalue weighted by Gasteiger charge is -2.25. The molecule has 154 valence electrons. The SMILES string of the molecule is CC[C@@H]1Oc2ccc(S(=O)(=O)NC(=O)CCOc3ccc(Cl)cc3)cc2NC1=O. The third-order valence-corrected chi connectivity index (χ3v) is 5.73. The molecule has 0 spiro atoms. The number of halogens is 1. The maximum atomic E-state index is 12.5. The fraction of sp³-hybridized carbons (Fsp3) is 0.263. The molecule has 0 saturated heterocycles. The smallest absolute Gasteiger partial charge is 0.265 e. The van der Waals surface area contributed by atoms with Gasteiger partial charge in [-0.3, -0.25) is 9.59 Å². The third-order valence-electron chi connectivity index (χ3n) is 4.11. The van der Waals surface area contributed by atoms with Crippen molar-refractivity contribution in [3.63, 3.8) is 0 Å². The zero-order valence-corrected chi connectivity index (χ0v) is 17.0. The summed E-state index contributed by atoms with van der Waals surface area (Å²) >= 11 is 5.78. The molecule has 2 aromatic carbocycles. The highest BCUT2D eigenvalue weighted by atomic mass is 35.5. The van der Waals surface area contributed by atoms with E-state index in [1.165, 1.54) is 18.2 Å². The number of benzene rings is 2. The minimum Gasteiger partial charge on any atom is -0.493 e. The van der Waals surface area contributed by atoms with Crippen molar-refractivity contribution < 1.29 is 27.5 Å². The molecular formula is C19H19ClN2O6S. The van der Waals surface area contributed by atoms with Crippen molar-refractivity contribution in [1.29, 1.82) is 0 Å². The van der Waals surface area contributed by atoms with Crippen LogP contribution in [0.5, 0.6) is 11.5 Å². The van der Waals surface area contributed by atoms with Gasteiger partial charge < -0.3 is 14.8 Å². The molecule has 0 aliphatic carbocycles. The van der Waals surface area contributed by atoms with Gasteiger partial charge in [0.1, 0.15) is 11.5 Å². The summed E-state index contributed by atoms with van der Waals surface area (Å²) < 4.78 is 37.8. The Morgan fingerprint density at radius 1 is 1.24 bits per heavy atom. The van der Waals surface area contributed by atoms with Crippen molar-refractivity contribution in [3.05, 3.63) is 47.5 Å². The van der Waals surface area contributed by atoms with E-state index in [4.69, 9.17) is 21.1 Å². The van der Waals surface area contributed by atoms with Crippen molar-refractivity contribution in [3.8, 4) is 11.5 Å². The fourth-order valence-electron chi connectivity index (χ4n) is 2.62. The Morgan fingerprint density at radius 3 is 2.66 bits per heavy atom. The normalized spacial score (nSPS) is 15.7. The molecule has 29 heavy (non-hydrogen) atoms. The Bertz CT molecular complexity index is 1020. The van der Waals surface area contributed by atoms with Crippen molar-refractivity contribution in [2.75, 3.05) is 11.9 Å². The van der Waals surface area contributed by atoms with E-state index >= 15 is 0 Å². The van der Waals surface area contributed by atoms with Crippen molar-refractivity contribution >= 4 is 39.1 Å². The van der Waals surface area contributed by atoms with Crippen LogP contribution >= 0.6 is 11.6 Å². The van der Waals surface area contributed by atoms with Gasteiger partial charge in [0.2, 0.25) is 5.91 Å². The average Bonchev–Trinajstić information content (AvgIpc) is 2.68. The van der Waals surface area contributed by atoms with Crippen LogP contribution < -0.4 is 19.5 Å². The quantitative estimate of drug-likeness (QED) is 0.687. The molecule has 2 N–H and O–H groups in total. The van der Waals surface area contributed by atoms with E-state index in [0.29, 0.717) is 22.9 Å². The van der Waals surface area contributed by atoms with E-state index in [1.54, 1.807) is 31.2 Å². The molecule has 0 saturated carbocycles. The summed E-state index contributed by atoms with van der Waals surface area (Å²) in [5.41, 5.74) is 0.237. The van der Waals surface area contributed by atoms with Crippen molar-refractivity contribution in [2.45, 2.75) is 30.8 Å². The molecule has 8 nitrogen and oxygen atoms in total. The molecule has 1 aliphatic heterocycles. The molecule has 1 aliphatic rings.